The van der Waals surface area contributed by atoms with Gasteiger partial charge in [0.05, 0.1) is 56.2 Å². The Morgan fingerprint density at radius 1 is 0.473 bits per heavy atom. The number of amides is 5. The van der Waals surface area contributed by atoms with Crippen molar-refractivity contribution in [2.24, 2.45) is 0 Å². The molecule has 8 heterocycles. The second kappa shape index (κ2) is 49.1. The molecule has 5 aromatic heterocycles. The molecular formula is C93H98ClF5N22O10. The van der Waals surface area contributed by atoms with Gasteiger partial charge in [0.25, 0.3) is 5.91 Å². The van der Waals surface area contributed by atoms with Gasteiger partial charge in [0.2, 0.25) is 47.4 Å². The molecular weight excluding hydrogens is 1720 g/mol. The number of aromatic nitrogens is 9. The van der Waals surface area contributed by atoms with Gasteiger partial charge in [0, 0.05) is 122 Å². The van der Waals surface area contributed by atoms with E-state index in [0.717, 1.165) is 106 Å². The van der Waals surface area contributed by atoms with E-state index in [2.05, 4.69) is 137 Å². The summed E-state index contributed by atoms with van der Waals surface area (Å²) in [5.41, 5.74) is 4.78. The van der Waals surface area contributed by atoms with E-state index in [1.807, 2.05) is 31.2 Å². The summed E-state index contributed by atoms with van der Waals surface area (Å²) in [5, 5.41) is 32.2. The molecule has 11 aromatic rings. The number of halogens is 6. The Hall–Kier alpha value is -15.4. The van der Waals surface area contributed by atoms with Crippen LogP contribution in [0.3, 0.4) is 0 Å². The SMILES string of the molecule is C=CC(=O)N1CCC[C@@H](Nc2nc(Nc3ccc(OCCCC)c(F)c3)ncc2F)C1.C=CC(=O)N1CCC[C@@H](Nc2nc(Nc3ccc(OCCCC)cc3)ncc2F)C1.C=CC(=O)Nc1cccc(Nc2nc(Nc3ccc(Cl)c(O[C@@H]4CCOC4)c3)ncc2F)c1.C=CC(=O)Nc1cccc(Nc2nc(Nc3ccc(Oc4ccnc(C(=O)NC)c4)cc3)ncc2F)c1. The number of carbonyl (C=O) groups is 5. The number of hydrogen-bond donors (Lipinski definition) is 11. The highest BCUT2D eigenvalue weighted by Gasteiger charge is 2.27. The zero-order valence-electron chi connectivity index (χ0n) is 71.9. The minimum atomic E-state index is -0.650. The summed E-state index contributed by atoms with van der Waals surface area (Å²) in [7, 11) is 1.52. The molecule has 6 aromatic carbocycles. The number of pyridine rings is 1. The van der Waals surface area contributed by atoms with E-state index >= 15 is 0 Å². The van der Waals surface area contributed by atoms with Crippen molar-refractivity contribution in [2.75, 3.05) is 113 Å². The van der Waals surface area contributed by atoms with Crippen LogP contribution < -0.4 is 77.4 Å². The molecule has 131 heavy (non-hydrogen) atoms. The molecule has 0 spiro atoms. The lowest BCUT2D eigenvalue weighted by Crippen LogP contribution is -2.44. The number of unbranched alkanes of at least 4 members (excludes halogenated alkanes) is 2. The lowest BCUT2D eigenvalue weighted by Gasteiger charge is -2.32. The van der Waals surface area contributed by atoms with Crippen LogP contribution in [0.25, 0.3) is 0 Å². The molecule has 5 amide bonds. The summed E-state index contributed by atoms with van der Waals surface area (Å²) in [4.78, 5) is 98.7. The molecule has 14 rings (SSSR count). The van der Waals surface area contributed by atoms with Crippen molar-refractivity contribution >= 4 is 134 Å². The monoisotopic (exact) mass is 1810 g/mol. The van der Waals surface area contributed by atoms with Crippen molar-refractivity contribution in [3.8, 4) is 28.7 Å². The van der Waals surface area contributed by atoms with Crippen LogP contribution >= 0.6 is 11.6 Å². The van der Waals surface area contributed by atoms with E-state index < -0.39 is 29.1 Å². The van der Waals surface area contributed by atoms with Crippen LogP contribution in [-0.4, -0.2) is 162 Å². The summed E-state index contributed by atoms with van der Waals surface area (Å²) in [6, 6.07) is 40.4. The normalized spacial score (nSPS) is 14.1. The summed E-state index contributed by atoms with van der Waals surface area (Å²) in [6.45, 7) is 22.6. The topological polar surface area (TPSA) is 386 Å². The fourth-order valence-electron chi connectivity index (χ4n) is 12.8. The Labute approximate surface area is 757 Å². The number of anilines is 16. The highest BCUT2D eigenvalue weighted by molar-refractivity contribution is 6.32. The zero-order valence-corrected chi connectivity index (χ0v) is 72.7. The number of rotatable bonds is 35. The lowest BCUT2D eigenvalue weighted by molar-refractivity contribution is -0.127. The number of likely N-dealkylation sites (tertiary alicyclic amines) is 2. The van der Waals surface area contributed by atoms with Crippen LogP contribution in [0.1, 0.15) is 82.1 Å². The fraction of sp³-hybridized carbons (Fsp3) is 0.247. The average molecular weight is 1810 g/mol. The molecule has 38 heteroatoms. The molecule has 3 aliphatic rings. The van der Waals surface area contributed by atoms with Crippen molar-refractivity contribution in [1.29, 1.82) is 0 Å². The summed E-state index contributed by atoms with van der Waals surface area (Å²) in [5.74, 6) is -0.940. The number of hydrogen-bond acceptors (Lipinski definition) is 27. The molecule has 0 bridgehead atoms. The van der Waals surface area contributed by atoms with Crippen LogP contribution in [0.15, 0.2) is 227 Å². The van der Waals surface area contributed by atoms with Crippen LogP contribution in [-0.2, 0) is 23.9 Å². The number of piperidine rings is 2. The van der Waals surface area contributed by atoms with E-state index in [4.69, 9.17) is 35.3 Å². The second-order valence-corrected chi connectivity index (χ2v) is 29.6. The van der Waals surface area contributed by atoms with Gasteiger partial charge in [-0.1, -0.05) is 76.7 Å². The highest BCUT2D eigenvalue weighted by Crippen LogP contribution is 2.34. The van der Waals surface area contributed by atoms with Crippen molar-refractivity contribution < 1.29 is 69.6 Å². The van der Waals surface area contributed by atoms with Crippen molar-refractivity contribution in [2.45, 2.75) is 89.8 Å². The first-order chi connectivity index (χ1) is 63.5. The maximum Gasteiger partial charge on any atom is 0.269 e. The van der Waals surface area contributed by atoms with Gasteiger partial charge in [-0.15, -0.1) is 0 Å². The van der Waals surface area contributed by atoms with Gasteiger partial charge in [0.15, 0.2) is 58.1 Å². The van der Waals surface area contributed by atoms with E-state index in [1.165, 1.54) is 43.6 Å². The molecule has 11 N–H and O–H groups in total. The van der Waals surface area contributed by atoms with E-state index in [-0.39, 0.29) is 106 Å². The third kappa shape index (κ3) is 30.1. The summed E-state index contributed by atoms with van der Waals surface area (Å²) in [6.07, 6.45) is 18.5. The Morgan fingerprint density at radius 3 is 1.40 bits per heavy atom. The molecule has 0 saturated carbocycles. The van der Waals surface area contributed by atoms with E-state index in [1.54, 1.807) is 113 Å². The first kappa shape index (κ1) is 96.2. The molecule has 3 saturated heterocycles. The number of carbonyl (C=O) groups excluding carboxylic acids is 5. The van der Waals surface area contributed by atoms with Crippen LogP contribution in [0.4, 0.5) is 115 Å². The third-order valence-corrected chi connectivity index (χ3v) is 19.7. The Kier molecular flexibility index (Phi) is 36.1. The first-order valence-electron chi connectivity index (χ1n) is 41.8. The maximum atomic E-state index is 14.4. The largest absolute Gasteiger partial charge is 0.494 e. The Balaban J connectivity index is 0.000000169. The van der Waals surface area contributed by atoms with Gasteiger partial charge in [-0.05, 0) is 178 Å². The third-order valence-electron chi connectivity index (χ3n) is 19.4. The number of ether oxygens (including phenoxy) is 5. The number of nitrogens with one attached hydrogen (secondary N) is 11. The second-order valence-electron chi connectivity index (χ2n) is 29.2. The van der Waals surface area contributed by atoms with Gasteiger partial charge in [-0.25, -0.2) is 41.9 Å². The van der Waals surface area contributed by atoms with Gasteiger partial charge in [0.1, 0.15) is 34.8 Å². The van der Waals surface area contributed by atoms with Crippen LogP contribution in [0.5, 0.6) is 28.7 Å². The Bertz CT molecular complexity index is 5780. The van der Waals surface area contributed by atoms with Crippen molar-refractivity contribution in [3.05, 3.63) is 267 Å². The zero-order chi connectivity index (χ0) is 93.0. The summed E-state index contributed by atoms with van der Waals surface area (Å²) < 4.78 is 99.6. The molecule has 0 radical (unpaired) electrons. The molecule has 682 valence electrons. The van der Waals surface area contributed by atoms with Gasteiger partial charge in [-0.2, -0.15) is 19.9 Å². The standard InChI is InChI=1S/C26H22FN7O3.C23H21ClFN5O3.C22H27F2N5O2.C22H28FN5O2/c1-3-23(35)31-17-5-4-6-18(13-17)32-24-21(27)15-30-26(34-24)33-16-7-9-19(10-8-16)37-20-11-12-29-22(14-20)25(36)28-2;1-2-21(31)27-14-4-3-5-15(10-14)28-22-19(25)12-26-23(30-22)29-16-6-7-18(24)20(11-16)33-17-8-9-32-13-17;1-3-5-11-31-19-9-8-15(12-17(19)23)27-22-25-13-18(24)21(28-22)26-16-7-6-10-29(14-16)20(30)4-2;1-3-5-13-30-18-10-8-16(9-11-18)26-22-24-14-19(23)21(27-22)25-17-7-6-12-28(15-17)20(29)4-2/h3-15H,1H2,2H3,(H,28,36)(H,31,35)(H2,30,32,33,34);2-7,10-12,17H,1,8-9,13H2,(H,27,31)(H2,26,28,29,30);4,8-9,12-13,16H,2-3,5-7,10-11,14H2,1H3,(H2,25,26,27,28);4,8-11,14,17H,2-3,5-7,12-13,15H2,1H3,(H2,24,25,26,27)/t;17-;16-;17-/m.111/s1. The quantitative estimate of drug-likeness (QED) is 0.00998. The smallest absolute Gasteiger partial charge is 0.269 e. The molecule has 3 aliphatic heterocycles. The maximum absolute atomic E-state index is 14.4. The number of benzene rings is 6. The first-order valence-corrected chi connectivity index (χ1v) is 42.2. The van der Waals surface area contributed by atoms with Gasteiger partial charge < -0.3 is 92.0 Å². The molecule has 0 unspecified atom stereocenters. The molecule has 3 fully saturated rings. The predicted octanol–water partition coefficient (Wildman–Crippen LogP) is 18.2. The van der Waals surface area contributed by atoms with Crippen molar-refractivity contribution in [1.82, 2.24) is 60.0 Å². The number of nitrogens with zero attached hydrogens (tertiary/aromatic N) is 11. The molecule has 32 nitrogen and oxygen atoms in total. The lowest BCUT2D eigenvalue weighted by atomic mass is 10.1. The average Bonchev–Trinajstić information content (AvgIpc) is 0.864. The molecule has 0 aliphatic carbocycles. The molecule has 3 atom stereocenters. The van der Waals surface area contributed by atoms with E-state index in [0.29, 0.717) is 115 Å². The van der Waals surface area contributed by atoms with Gasteiger partial charge in [-0.3, -0.25) is 29.0 Å². The van der Waals surface area contributed by atoms with Crippen LogP contribution in [0.2, 0.25) is 5.02 Å². The van der Waals surface area contributed by atoms with Crippen molar-refractivity contribution in [3.63, 3.8) is 0 Å². The fourth-order valence-corrected chi connectivity index (χ4v) is 12.9. The summed E-state index contributed by atoms with van der Waals surface area (Å²) >= 11 is 6.25. The minimum Gasteiger partial charge on any atom is -0.494 e. The minimum absolute atomic E-state index is 0.0235. The predicted molar refractivity (Wildman–Crippen MR) is 494 cm³/mol. The van der Waals surface area contributed by atoms with Crippen LogP contribution in [0, 0.1) is 29.1 Å². The highest BCUT2D eigenvalue weighted by atomic mass is 35.5. The van der Waals surface area contributed by atoms with Gasteiger partial charge >= 0.3 is 0 Å². The Morgan fingerprint density at radius 2 is 0.924 bits per heavy atom. The van der Waals surface area contributed by atoms with E-state index in [9.17, 15) is 45.9 Å².